The maximum absolute atomic E-state index is 11.9. The number of aliphatic imine (C=N–C) groups is 1. The number of ether oxygens (including phenoxy) is 1. The Labute approximate surface area is 154 Å². The topological polar surface area (TPSA) is 87.6 Å². The molecule has 0 aliphatic rings. The Morgan fingerprint density at radius 1 is 1.24 bits per heavy atom. The van der Waals surface area contributed by atoms with E-state index in [2.05, 4.69) is 25.9 Å². The third-order valence-corrected chi connectivity index (χ3v) is 3.23. The molecular formula is C17H28ClN5O2. The van der Waals surface area contributed by atoms with Crippen molar-refractivity contribution in [2.24, 2.45) is 4.99 Å². The van der Waals surface area contributed by atoms with Crippen LogP contribution in [0.2, 0.25) is 5.15 Å². The van der Waals surface area contributed by atoms with Crippen LogP contribution in [0.4, 0.5) is 4.79 Å². The Balaban J connectivity index is 2.46. The van der Waals surface area contributed by atoms with Gasteiger partial charge in [0.05, 0.1) is 5.54 Å². The average molecular weight is 370 g/mol. The fourth-order valence-corrected chi connectivity index (χ4v) is 1.96. The van der Waals surface area contributed by atoms with Gasteiger partial charge in [-0.1, -0.05) is 17.7 Å². The van der Waals surface area contributed by atoms with E-state index in [0.29, 0.717) is 24.2 Å². The molecule has 0 fully saturated rings. The molecule has 0 saturated heterocycles. The van der Waals surface area contributed by atoms with E-state index in [4.69, 9.17) is 16.3 Å². The molecule has 25 heavy (non-hydrogen) atoms. The number of rotatable bonds is 5. The van der Waals surface area contributed by atoms with Gasteiger partial charge >= 0.3 is 6.09 Å². The molecule has 0 spiro atoms. The van der Waals surface area contributed by atoms with E-state index in [1.165, 1.54) is 0 Å². The summed E-state index contributed by atoms with van der Waals surface area (Å²) >= 11 is 5.77. The largest absolute Gasteiger partial charge is 0.444 e. The fourth-order valence-electron chi connectivity index (χ4n) is 1.85. The van der Waals surface area contributed by atoms with Gasteiger partial charge in [-0.3, -0.25) is 4.99 Å². The summed E-state index contributed by atoms with van der Waals surface area (Å²) < 4.78 is 5.28. The summed E-state index contributed by atoms with van der Waals surface area (Å²) in [6.07, 6.45) is 1.26. The second kappa shape index (κ2) is 8.89. The van der Waals surface area contributed by atoms with Crippen molar-refractivity contribution in [1.82, 2.24) is 20.9 Å². The third kappa shape index (κ3) is 9.14. The highest BCUT2D eigenvalue weighted by Crippen LogP contribution is 2.09. The maximum atomic E-state index is 11.9. The molecule has 0 aromatic carbocycles. The second-order valence-corrected chi connectivity index (χ2v) is 7.67. The van der Waals surface area contributed by atoms with Gasteiger partial charge in [0.2, 0.25) is 0 Å². The first kappa shape index (κ1) is 21.0. The molecule has 1 rings (SSSR count). The lowest BCUT2D eigenvalue weighted by Crippen LogP contribution is -2.54. The Morgan fingerprint density at radius 2 is 1.92 bits per heavy atom. The minimum Gasteiger partial charge on any atom is -0.444 e. The number of carbonyl (C=O) groups excluding carboxylic acids is 1. The summed E-state index contributed by atoms with van der Waals surface area (Å²) in [5, 5.41) is 9.66. The van der Waals surface area contributed by atoms with Crippen molar-refractivity contribution in [1.29, 1.82) is 0 Å². The van der Waals surface area contributed by atoms with Crippen molar-refractivity contribution in [2.45, 2.75) is 52.3 Å². The van der Waals surface area contributed by atoms with Gasteiger partial charge in [0, 0.05) is 26.3 Å². The lowest BCUT2D eigenvalue weighted by molar-refractivity contribution is 0.0474. The Hall–Kier alpha value is -2.02. The van der Waals surface area contributed by atoms with Crippen molar-refractivity contribution >= 4 is 23.7 Å². The molecule has 140 valence electrons. The van der Waals surface area contributed by atoms with Crippen LogP contribution in [0, 0.1) is 0 Å². The van der Waals surface area contributed by atoms with Gasteiger partial charge in [0.25, 0.3) is 0 Å². The highest BCUT2D eigenvalue weighted by molar-refractivity contribution is 6.29. The van der Waals surface area contributed by atoms with Gasteiger partial charge in [0.15, 0.2) is 5.96 Å². The van der Waals surface area contributed by atoms with Crippen molar-refractivity contribution in [2.75, 3.05) is 13.6 Å². The molecule has 0 aliphatic carbocycles. The Bertz CT molecular complexity index is 594. The van der Waals surface area contributed by atoms with E-state index < -0.39 is 17.2 Å². The van der Waals surface area contributed by atoms with Gasteiger partial charge < -0.3 is 20.7 Å². The predicted molar refractivity (Wildman–Crippen MR) is 101 cm³/mol. The third-order valence-electron chi connectivity index (χ3n) is 3.01. The summed E-state index contributed by atoms with van der Waals surface area (Å²) in [5.74, 6) is 0.619. The average Bonchev–Trinajstić information content (AvgIpc) is 2.46. The van der Waals surface area contributed by atoms with E-state index >= 15 is 0 Å². The van der Waals surface area contributed by atoms with Crippen molar-refractivity contribution in [3.63, 3.8) is 0 Å². The van der Waals surface area contributed by atoms with Crippen LogP contribution in [0.5, 0.6) is 0 Å². The van der Waals surface area contributed by atoms with Crippen LogP contribution >= 0.6 is 11.6 Å². The van der Waals surface area contributed by atoms with E-state index in [0.717, 1.165) is 5.56 Å². The number of amides is 1. The zero-order valence-corrected chi connectivity index (χ0v) is 16.5. The molecule has 1 aromatic rings. The Morgan fingerprint density at radius 3 is 2.44 bits per heavy atom. The summed E-state index contributed by atoms with van der Waals surface area (Å²) in [5.41, 5.74) is -0.0574. The molecule has 0 saturated carbocycles. The normalized spacial score (nSPS) is 12.5. The van der Waals surface area contributed by atoms with E-state index in [1.54, 1.807) is 19.3 Å². The van der Waals surface area contributed by atoms with E-state index in [-0.39, 0.29) is 0 Å². The van der Waals surface area contributed by atoms with Gasteiger partial charge in [-0.05, 0) is 46.2 Å². The summed E-state index contributed by atoms with van der Waals surface area (Å²) in [6, 6.07) is 3.63. The molecule has 0 unspecified atom stereocenters. The highest BCUT2D eigenvalue weighted by atomic mass is 35.5. The number of carbonyl (C=O) groups is 1. The standard InChI is InChI=1S/C17H28ClN5O2/c1-16(2,3)25-15(24)23-17(4,5)11-22-14(19-6)21-10-12-7-8-13(18)20-9-12/h7-9H,10-11H2,1-6H3,(H,23,24)(H2,19,21,22). The number of aromatic nitrogens is 1. The number of nitrogens with one attached hydrogen (secondary N) is 3. The monoisotopic (exact) mass is 369 g/mol. The predicted octanol–water partition coefficient (Wildman–Crippen LogP) is 2.70. The smallest absolute Gasteiger partial charge is 0.408 e. The number of alkyl carbamates (subject to hydrolysis) is 1. The maximum Gasteiger partial charge on any atom is 0.408 e. The molecule has 0 bridgehead atoms. The lowest BCUT2D eigenvalue weighted by atomic mass is 10.1. The quantitative estimate of drug-likeness (QED) is 0.422. The lowest BCUT2D eigenvalue weighted by Gasteiger charge is -2.29. The van der Waals surface area contributed by atoms with Gasteiger partial charge in [-0.25, -0.2) is 9.78 Å². The van der Waals surface area contributed by atoms with Crippen LogP contribution in [0.15, 0.2) is 23.3 Å². The molecular weight excluding hydrogens is 342 g/mol. The zero-order chi connectivity index (χ0) is 19.1. The number of nitrogens with zero attached hydrogens (tertiary/aromatic N) is 2. The molecule has 0 atom stereocenters. The molecule has 3 N–H and O–H groups in total. The van der Waals surface area contributed by atoms with Gasteiger partial charge in [0.1, 0.15) is 10.8 Å². The number of hydrogen-bond donors (Lipinski definition) is 3. The van der Waals surface area contributed by atoms with Crippen LogP contribution in [0.1, 0.15) is 40.2 Å². The summed E-state index contributed by atoms with van der Waals surface area (Å²) in [6.45, 7) is 10.3. The highest BCUT2D eigenvalue weighted by Gasteiger charge is 2.24. The van der Waals surface area contributed by atoms with Crippen LogP contribution in [0.3, 0.4) is 0 Å². The van der Waals surface area contributed by atoms with Gasteiger partial charge in [-0.2, -0.15) is 0 Å². The van der Waals surface area contributed by atoms with Gasteiger partial charge in [-0.15, -0.1) is 0 Å². The van der Waals surface area contributed by atoms with Crippen molar-refractivity contribution in [3.8, 4) is 0 Å². The van der Waals surface area contributed by atoms with E-state index in [9.17, 15) is 4.79 Å². The number of guanidine groups is 1. The van der Waals surface area contributed by atoms with Crippen LogP contribution in [-0.4, -0.2) is 41.8 Å². The number of halogens is 1. The first-order chi connectivity index (χ1) is 11.5. The second-order valence-electron chi connectivity index (χ2n) is 7.28. The summed E-state index contributed by atoms with van der Waals surface area (Å²) in [7, 11) is 1.68. The molecule has 1 heterocycles. The van der Waals surface area contributed by atoms with Crippen molar-refractivity contribution in [3.05, 3.63) is 29.0 Å². The Kier molecular flexibility index (Phi) is 7.48. The number of hydrogen-bond acceptors (Lipinski definition) is 4. The summed E-state index contributed by atoms with van der Waals surface area (Å²) in [4.78, 5) is 20.1. The molecule has 1 amide bonds. The minimum atomic E-state index is -0.530. The SMILES string of the molecule is CN=C(NCc1ccc(Cl)nc1)NCC(C)(C)NC(=O)OC(C)(C)C. The van der Waals surface area contributed by atoms with E-state index in [1.807, 2.05) is 40.7 Å². The molecule has 0 radical (unpaired) electrons. The molecule has 0 aliphatic heterocycles. The zero-order valence-electron chi connectivity index (χ0n) is 15.7. The molecule has 7 nitrogen and oxygen atoms in total. The van der Waals surface area contributed by atoms with Crippen LogP contribution in [0.25, 0.3) is 0 Å². The first-order valence-electron chi connectivity index (χ1n) is 8.07. The molecule has 8 heteroatoms. The van der Waals surface area contributed by atoms with Crippen LogP contribution < -0.4 is 16.0 Å². The molecule has 1 aromatic heterocycles. The minimum absolute atomic E-state index is 0.450. The fraction of sp³-hybridized carbons (Fsp3) is 0.588. The van der Waals surface area contributed by atoms with Crippen LogP contribution in [-0.2, 0) is 11.3 Å². The first-order valence-corrected chi connectivity index (χ1v) is 8.45. The number of pyridine rings is 1. The van der Waals surface area contributed by atoms with Crippen molar-refractivity contribution < 1.29 is 9.53 Å².